The number of hydrogen-bond acceptors (Lipinski definition) is 5. The maximum absolute atomic E-state index is 12.2. The van der Waals surface area contributed by atoms with Crippen LogP contribution < -0.4 is 5.32 Å². The van der Waals surface area contributed by atoms with Crippen molar-refractivity contribution in [2.75, 3.05) is 11.9 Å². The van der Waals surface area contributed by atoms with Crippen molar-refractivity contribution in [3.63, 3.8) is 0 Å². The van der Waals surface area contributed by atoms with Gasteiger partial charge in [0.2, 0.25) is 0 Å². The standard InChI is InChI=1S/C17H11Cl2N3O3/c18-12-5-4-10(8-13(12)19)22-15(23)9-25-17(24)11-2-1-3-14-16(11)21-7-6-20-14/h1-8H,9H2,(H,22,23). The first-order chi connectivity index (χ1) is 12.0. The van der Waals surface area contributed by atoms with Crippen LogP contribution in [0.15, 0.2) is 48.8 Å². The summed E-state index contributed by atoms with van der Waals surface area (Å²) in [5.41, 5.74) is 1.68. The fraction of sp³-hybridized carbons (Fsp3) is 0.0588. The van der Waals surface area contributed by atoms with Crippen molar-refractivity contribution in [2.45, 2.75) is 0 Å². The molecule has 0 aliphatic carbocycles. The molecule has 1 N–H and O–H groups in total. The number of para-hydroxylation sites is 1. The van der Waals surface area contributed by atoms with Crippen molar-refractivity contribution in [3.8, 4) is 0 Å². The second-order valence-corrected chi connectivity index (χ2v) is 5.80. The van der Waals surface area contributed by atoms with E-state index in [9.17, 15) is 9.59 Å². The molecule has 0 saturated heterocycles. The highest BCUT2D eigenvalue weighted by Crippen LogP contribution is 2.25. The second kappa shape index (κ2) is 7.46. The number of carbonyl (C=O) groups excluding carboxylic acids is 2. The molecule has 1 aromatic heterocycles. The Balaban J connectivity index is 1.65. The Hall–Kier alpha value is -2.70. The van der Waals surface area contributed by atoms with E-state index in [1.165, 1.54) is 18.5 Å². The average Bonchev–Trinajstić information content (AvgIpc) is 2.62. The third kappa shape index (κ3) is 4.04. The minimum atomic E-state index is -0.657. The van der Waals surface area contributed by atoms with Gasteiger partial charge in [-0.1, -0.05) is 29.3 Å². The lowest BCUT2D eigenvalue weighted by Crippen LogP contribution is -2.21. The summed E-state index contributed by atoms with van der Waals surface area (Å²) < 4.78 is 5.05. The number of ether oxygens (including phenoxy) is 1. The van der Waals surface area contributed by atoms with Crippen LogP contribution in [-0.2, 0) is 9.53 Å². The molecule has 0 spiro atoms. The molecule has 2 aromatic carbocycles. The van der Waals surface area contributed by atoms with Crippen molar-refractivity contribution in [1.29, 1.82) is 0 Å². The summed E-state index contributed by atoms with van der Waals surface area (Å²) in [6.45, 7) is -0.449. The monoisotopic (exact) mass is 375 g/mol. The Morgan fingerprint density at radius 1 is 1.04 bits per heavy atom. The number of rotatable bonds is 4. The molecule has 1 amide bonds. The largest absolute Gasteiger partial charge is 0.452 e. The van der Waals surface area contributed by atoms with E-state index in [-0.39, 0.29) is 5.56 Å². The van der Waals surface area contributed by atoms with Crippen LogP contribution in [-0.4, -0.2) is 28.5 Å². The number of fused-ring (bicyclic) bond motifs is 1. The Morgan fingerprint density at radius 2 is 1.84 bits per heavy atom. The number of nitrogens with zero attached hydrogens (tertiary/aromatic N) is 2. The molecule has 0 aliphatic rings. The number of esters is 1. The molecule has 1 heterocycles. The summed E-state index contributed by atoms with van der Waals surface area (Å²) in [7, 11) is 0. The number of anilines is 1. The van der Waals surface area contributed by atoms with Crippen LogP contribution in [0.25, 0.3) is 11.0 Å². The number of benzene rings is 2. The predicted molar refractivity (Wildman–Crippen MR) is 94.9 cm³/mol. The maximum atomic E-state index is 12.2. The molecule has 3 aromatic rings. The maximum Gasteiger partial charge on any atom is 0.340 e. The Kier molecular flexibility index (Phi) is 5.11. The summed E-state index contributed by atoms with van der Waals surface area (Å²) in [4.78, 5) is 32.4. The lowest BCUT2D eigenvalue weighted by molar-refractivity contribution is -0.119. The van der Waals surface area contributed by atoms with Crippen LogP contribution >= 0.6 is 23.2 Å². The van der Waals surface area contributed by atoms with Gasteiger partial charge in [0.25, 0.3) is 5.91 Å². The molecule has 6 nitrogen and oxygen atoms in total. The van der Waals surface area contributed by atoms with Gasteiger partial charge in [0.1, 0.15) is 5.52 Å². The highest BCUT2D eigenvalue weighted by atomic mass is 35.5. The number of halogens is 2. The normalized spacial score (nSPS) is 10.5. The Morgan fingerprint density at radius 3 is 2.64 bits per heavy atom. The molecular weight excluding hydrogens is 365 g/mol. The van der Waals surface area contributed by atoms with Gasteiger partial charge >= 0.3 is 5.97 Å². The lowest BCUT2D eigenvalue weighted by atomic mass is 10.2. The molecule has 0 fully saturated rings. The van der Waals surface area contributed by atoms with Gasteiger partial charge < -0.3 is 10.1 Å². The summed E-state index contributed by atoms with van der Waals surface area (Å²) in [5.74, 6) is -1.16. The SMILES string of the molecule is O=C(COC(=O)c1cccc2nccnc12)Nc1ccc(Cl)c(Cl)c1. The van der Waals surface area contributed by atoms with E-state index >= 15 is 0 Å². The first-order valence-electron chi connectivity index (χ1n) is 7.16. The van der Waals surface area contributed by atoms with Crippen molar-refractivity contribution in [1.82, 2.24) is 9.97 Å². The topological polar surface area (TPSA) is 81.2 Å². The van der Waals surface area contributed by atoms with E-state index in [1.807, 2.05) is 0 Å². The highest BCUT2D eigenvalue weighted by molar-refractivity contribution is 6.42. The first kappa shape index (κ1) is 17.1. The minimum Gasteiger partial charge on any atom is -0.452 e. The average molecular weight is 376 g/mol. The molecular formula is C17H11Cl2N3O3. The van der Waals surface area contributed by atoms with Crippen LogP contribution in [0.3, 0.4) is 0 Å². The van der Waals surface area contributed by atoms with Crippen molar-refractivity contribution >= 4 is 51.8 Å². The fourth-order valence-electron chi connectivity index (χ4n) is 2.14. The first-order valence-corrected chi connectivity index (χ1v) is 7.92. The number of carbonyl (C=O) groups is 2. The zero-order valence-electron chi connectivity index (χ0n) is 12.7. The zero-order chi connectivity index (χ0) is 17.8. The summed E-state index contributed by atoms with van der Waals surface area (Å²) >= 11 is 11.7. The van der Waals surface area contributed by atoms with Crippen molar-refractivity contribution in [3.05, 3.63) is 64.4 Å². The second-order valence-electron chi connectivity index (χ2n) is 4.98. The minimum absolute atomic E-state index is 0.243. The lowest BCUT2D eigenvalue weighted by Gasteiger charge is -2.08. The molecule has 0 bridgehead atoms. The summed E-state index contributed by atoms with van der Waals surface area (Å²) in [5, 5.41) is 3.26. The van der Waals surface area contributed by atoms with Crippen molar-refractivity contribution in [2.24, 2.45) is 0 Å². The van der Waals surface area contributed by atoms with E-state index in [0.717, 1.165) is 0 Å². The van der Waals surface area contributed by atoms with Crippen LogP contribution in [0.4, 0.5) is 5.69 Å². The fourth-order valence-corrected chi connectivity index (χ4v) is 2.44. The zero-order valence-corrected chi connectivity index (χ0v) is 14.2. The van der Waals surface area contributed by atoms with E-state index in [2.05, 4.69) is 15.3 Å². The quantitative estimate of drug-likeness (QED) is 0.702. The van der Waals surface area contributed by atoms with Gasteiger partial charge in [0.05, 0.1) is 21.1 Å². The smallest absolute Gasteiger partial charge is 0.340 e. The number of aromatic nitrogens is 2. The summed E-state index contributed by atoms with van der Waals surface area (Å²) in [6.07, 6.45) is 3.01. The number of hydrogen-bond donors (Lipinski definition) is 1. The highest BCUT2D eigenvalue weighted by Gasteiger charge is 2.15. The van der Waals surface area contributed by atoms with E-state index in [0.29, 0.717) is 26.8 Å². The van der Waals surface area contributed by atoms with Gasteiger partial charge in [0.15, 0.2) is 6.61 Å². The van der Waals surface area contributed by atoms with Crippen molar-refractivity contribution < 1.29 is 14.3 Å². The molecule has 0 saturated carbocycles. The van der Waals surface area contributed by atoms with Gasteiger partial charge in [-0.25, -0.2) is 4.79 Å². The van der Waals surface area contributed by atoms with Crippen LogP contribution in [0.2, 0.25) is 10.0 Å². The van der Waals surface area contributed by atoms with Crippen LogP contribution in [0.1, 0.15) is 10.4 Å². The summed E-state index contributed by atoms with van der Waals surface area (Å²) in [6, 6.07) is 9.62. The van der Waals surface area contributed by atoms with Crippen LogP contribution in [0.5, 0.6) is 0 Å². The third-order valence-corrected chi connectivity index (χ3v) is 4.00. The van der Waals surface area contributed by atoms with Gasteiger partial charge in [-0.15, -0.1) is 0 Å². The molecule has 0 unspecified atom stereocenters. The van der Waals surface area contributed by atoms with Gasteiger partial charge in [-0.3, -0.25) is 14.8 Å². The van der Waals surface area contributed by atoms with E-state index < -0.39 is 18.5 Å². The van der Waals surface area contributed by atoms with Gasteiger partial charge in [-0.05, 0) is 30.3 Å². The molecule has 126 valence electrons. The molecule has 8 heteroatoms. The molecule has 0 atom stereocenters. The van der Waals surface area contributed by atoms with Crippen LogP contribution in [0, 0.1) is 0 Å². The van der Waals surface area contributed by atoms with Gasteiger partial charge in [0, 0.05) is 18.1 Å². The Bertz CT molecular complexity index is 958. The molecule has 3 rings (SSSR count). The number of nitrogens with one attached hydrogen (secondary N) is 1. The Labute approximate surface area is 152 Å². The number of amides is 1. The predicted octanol–water partition coefficient (Wildman–Crippen LogP) is 3.73. The molecule has 0 radical (unpaired) electrons. The van der Waals surface area contributed by atoms with E-state index in [4.69, 9.17) is 27.9 Å². The molecule has 0 aliphatic heterocycles. The third-order valence-electron chi connectivity index (χ3n) is 3.26. The van der Waals surface area contributed by atoms with E-state index in [1.54, 1.807) is 30.3 Å². The van der Waals surface area contributed by atoms with Gasteiger partial charge in [-0.2, -0.15) is 0 Å². The molecule has 25 heavy (non-hydrogen) atoms.